The van der Waals surface area contributed by atoms with Gasteiger partial charge in [-0.3, -0.25) is 14.5 Å². The summed E-state index contributed by atoms with van der Waals surface area (Å²) in [7, 11) is 0. The maximum absolute atomic E-state index is 12.2. The summed E-state index contributed by atoms with van der Waals surface area (Å²) >= 11 is 1.29. The molecule has 0 aliphatic carbocycles. The van der Waals surface area contributed by atoms with E-state index in [4.69, 9.17) is 5.73 Å². The first kappa shape index (κ1) is 16.3. The quantitative estimate of drug-likeness (QED) is 0.812. The van der Waals surface area contributed by atoms with Gasteiger partial charge in [-0.15, -0.1) is 11.3 Å². The molecule has 126 valence electrons. The molecule has 0 radical (unpaired) electrons. The number of nitrogens with two attached hydrogens (primary N) is 1. The average molecular weight is 346 g/mol. The largest absolute Gasteiger partial charge is 0.366 e. The lowest BCUT2D eigenvalue weighted by Gasteiger charge is -2.34. The summed E-state index contributed by atoms with van der Waals surface area (Å²) < 4.78 is 0. The third kappa shape index (κ3) is 3.87. The summed E-state index contributed by atoms with van der Waals surface area (Å²) in [5, 5.41) is 4.99. The molecule has 0 atom stereocenters. The van der Waals surface area contributed by atoms with Crippen LogP contribution in [-0.2, 0) is 4.79 Å². The number of rotatable bonds is 5. The lowest BCUT2D eigenvalue weighted by molar-refractivity contribution is -0.117. The first-order valence-electron chi connectivity index (χ1n) is 7.55. The molecule has 0 spiro atoms. The van der Waals surface area contributed by atoms with Crippen molar-refractivity contribution < 1.29 is 9.59 Å². The van der Waals surface area contributed by atoms with Crippen LogP contribution in [-0.4, -0.2) is 59.4 Å². The van der Waals surface area contributed by atoms with Gasteiger partial charge >= 0.3 is 0 Å². The average Bonchev–Trinajstić information content (AvgIpc) is 3.04. The summed E-state index contributed by atoms with van der Waals surface area (Å²) in [4.78, 5) is 36.1. The predicted octanol–water partition coefficient (Wildman–Crippen LogP) is 0.398. The van der Waals surface area contributed by atoms with Gasteiger partial charge in [0.15, 0.2) is 0 Å². The van der Waals surface area contributed by atoms with Gasteiger partial charge in [-0.05, 0) is 17.5 Å². The Morgan fingerprint density at radius 3 is 2.58 bits per heavy atom. The van der Waals surface area contributed by atoms with Gasteiger partial charge in [0.05, 0.1) is 12.1 Å². The van der Waals surface area contributed by atoms with E-state index in [1.54, 1.807) is 29.9 Å². The summed E-state index contributed by atoms with van der Waals surface area (Å²) in [6.07, 6.45) is 3.44. The fourth-order valence-corrected chi connectivity index (χ4v) is 3.34. The van der Waals surface area contributed by atoms with E-state index in [1.807, 2.05) is 0 Å². The van der Waals surface area contributed by atoms with Gasteiger partial charge < -0.3 is 16.0 Å². The van der Waals surface area contributed by atoms with E-state index in [0.29, 0.717) is 16.5 Å². The second-order valence-corrected chi connectivity index (χ2v) is 6.30. The van der Waals surface area contributed by atoms with Crippen molar-refractivity contribution in [2.24, 2.45) is 5.73 Å². The Morgan fingerprint density at radius 2 is 1.92 bits per heavy atom. The predicted molar refractivity (Wildman–Crippen MR) is 92.2 cm³/mol. The van der Waals surface area contributed by atoms with E-state index in [1.165, 1.54) is 11.3 Å². The molecule has 2 aromatic heterocycles. The molecule has 24 heavy (non-hydrogen) atoms. The number of anilines is 2. The minimum Gasteiger partial charge on any atom is -0.366 e. The number of carbonyl (C=O) groups is 2. The van der Waals surface area contributed by atoms with Crippen molar-refractivity contribution >= 4 is 34.1 Å². The number of nitrogens with one attached hydrogen (secondary N) is 1. The molecule has 1 fully saturated rings. The molecule has 2 aromatic rings. The monoisotopic (exact) mass is 346 g/mol. The molecule has 0 saturated carbocycles. The van der Waals surface area contributed by atoms with E-state index >= 15 is 0 Å². The second kappa shape index (κ2) is 7.37. The van der Waals surface area contributed by atoms with E-state index in [0.717, 1.165) is 26.2 Å². The van der Waals surface area contributed by atoms with Crippen molar-refractivity contribution in [2.75, 3.05) is 42.9 Å². The molecule has 3 N–H and O–H groups in total. The third-order valence-electron chi connectivity index (χ3n) is 3.76. The zero-order valence-electron chi connectivity index (χ0n) is 13.0. The van der Waals surface area contributed by atoms with Crippen LogP contribution < -0.4 is 16.0 Å². The first-order chi connectivity index (χ1) is 11.6. The highest BCUT2D eigenvalue weighted by Crippen LogP contribution is 2.22. The minimum atomic E-state index is -0.539. The molecule has 0 unspecified atom stereocenters. The zero-order valence-corrected chi connectivity index (χ0v) is 13.8. The Hall–Kier alpha value is -2.52. The van der Waals surface area contributed by atoms with Crippen LogP contribution in [0.1, 0.15) is 10.4 Å². The number of carbonyl (C=O) groups excluding carboxylic acids is 2. The summed E-state index contributed by atoms with van der Waals surface area (Å²) in [5.41, 5.74) is 5.62. The molecular weight excluding hydrogens is 328 g/mol. The molecule has 1 saturated heterocycles. The molecule has 2 amide bonds. The number of hydrogen-bond donors (Lipinski definition) is 2. The fraction of sp³-hybridized carbons (Fsp3) is 0.333. The molecule has 1 aliphatic rings. The van der Waals surface area contributed by atoms with Gasteiger partial charge in [-0.25, -0.2) is 9.97 Å². The molecule has 0 bridgehead atoms. The topological polar surface area (TPSA) is 104 Å². The maximum atomic E-state index is 12.2. The number of primary amides is 1. The Bertz CT molecular complexity index is 712. The number of amides is 2. The Labute approximate surface area is 143 Å². The summed E-state index contributed by atoms with van der Waals surface area (Å²) in [6.45, 7) is 3.31. The van der Waals surface area contributed by atoms with E-state index < -0.39 is 5.91 Å². The zero-order chi connectivity index (χ0) is 16.9. The van der Waals surface area contributed by atoms with E-state index in [9.17, 15) is 9.59 Å². The molecule has 3 rings (SSSR count). The first-order valence-corrected chi connectivity index (χ1v) is 8.43. The molecule has 0 aromatic carbocycles. The fourth-order valence-electron chi connectivity index (χ4n) is 2.53. The number of hydrogen-bond acceptors (Lipinski definition) is 7. The summed E-state index contributed by atoms with van der Waals surface area (Å²) in [5.74, 6) is 0.0265. The van der Waals surface area contributed by atoms with Crippen LogP contribution in [0.15, 0.2) is 29.9 Å². The Kier molecular flexibility index (Phi) is 5.02. The van der Waals surface area contributed by atoms with Crippen molar-refractivity contribution in [1.29, 1.82) is 0 Å². The van der Waals surface area contributed by atoms with Gasteiger partial charge in [-0.2, -0.15) is 0 Å². The van der Waals surface area contributed by atoms with Crippen molar-refractivity contribution in [1.82, 2.24) is 14.9 Å². The van der Waals surface area contributed by atoms with Crippen LogP contribution in [0.25, 0.3) is 0 Å². The van der Waals surface area contributed by atoms with Crippen molar-refractivity contribution in [2.45, 2.75) is 0 Å². The number of nitrogens with zero attached hydrogens (tertiary/aromatic N) is 4. The van der Waals surface area contributed by atoms with Crippen LogP contribution in [0.4, 0.5) is 10.9 Å². The van der Waals surface area contributed by atoms with Gasteiger partial charge in [0.1, 0.15) is 5.00 Å². The van der Waals surface area contributed by atoms with Gasteiger partial charge in [-0.1, -0.05) is 0 Å². The number of aromatic nitrogens is 2. The van der Waals surface area contributed by atoms with E-state index in [-0.39, 0.29) is 12.5 Å². The van der Waals surface area contributed by atoms with Gasteiger partial charge in [0.2, 0.25) is 11.9 Å². The Morgan fingerprint density at radius 1 is 1.21 bits per heavy atom. The van der Waals surface area contributed by atoms with Crippen molar-refractivity contribution in [3.63, 3.8) is 0 Å². The molecular formula is C15H18N6O2S. The van der Waals surface area contributed by atoms with Gasteiger partial charge in [0, 0.05) is 38.6 Å². The van der Waals surface area contributed by atoms with Crippen LogP contribution in [0, 0.1) is 0 Å². The smallest absolute Gasteiger partial charge is 0.251 e. The second-order valence-electron chi connectivity index (χ2n) is 5.39. The van der Waals surface area contributed by atoms with Crippen molar-refractivity contribution in [3.05, 3.63) is 35.5 Å². The molecule has 9 heteroatoms. The number of thiophene rings is 1. The molecule has 8 nitrogen and oxygen atoms in total. The van der Waals surface area contributed by atoms with Crippen LogP contribution >= 0.6 is 11.3 Å². The van der Waals surface area contributed by atoms with Gasteiger partial charge in [0.25, 0.3) is 5.91 Å². The summed E-state index contributed by atoms with van der Waals surface area (Å²) in [6, 6.07) is 3.40. The SMILES string of the molecule is NC(=O)c1ccsc1NC(=O)CN1CCN(c2ncccn2)CC1. The van der Waals surface area contributed by atoms with Crippen LogP contribution in [0.3, 0.4) is 0 Å². The highest BCUT2D eigenvalue weighted by molar-refractivity contribution is 7.14. The standard InChI is InChI=1S/C15H18N6O2S/c16-13(23)11-2-9-24-14(11)19-12(22)10-20-5-7-21(8-6-20)15-17-3-1-4-18-15/h1-4,9H,5-8,10H2,(H2,16,23)(H,19,22). The molecule has 3 heterocycles. The van der Waals surface area contributed by atoms with Crippen LogP contribution in [0.2, 0.25) is 0 Å². The van der Waals surface area contributed by atoms with Crippen LogP contribution in [0.5, 0.6) is 0 Å². The normalized spacial score (nSPS) is 15.2. The Balaban J connectivity index is 1.50. The highest BCUT2D eigenvalue weighted by Gasteiger charge is 2.21. The highest BCUT2D eigenvalue weighted by atomic mass is 32.1. The minimum absolute atomic E-state index is 0.149. The lowest BCUT2D eigenvalue weighted by atomic mass is 10.3. The molecule has 1 aliphatic heterocycles. The third-order valence-corrected chi connectivity index (χ3v) is 4.59. The lowest BCUT2D eigenvalue weighted by Crippen LogP contribution is -2.49. The number of piperazine rings is 1. The van der Waals surface area contributed by atoms with E-state index in [2.05, 4.69) is 25.1 Å². The van der Waals surface area contributed by atoms with Crippen molar-refractivity contribution in [3.8, 4) is 0 Å². The maximum Gasteiger partial charge on any atom is 0.251 e.